The Bertz CT molecular complexity index is 1050. The zero-order valence-corrected chi connectivity index (χ0v) is 22.0. The second-order valence-electron chi connectivity index (χ2n) is 9.96. The Morgan fingerprint density at radius 2 is 1.95 bits per heavy atom. The van der Waals surface area contributed by atoms with Crippen molar-refractivity contribution in [3.8, 4) is 5.75 Å². The van der Waals surface area contributed by atoms with E-state index < -0.39 is 35.3 Å². The van der Waals surface area contributed by atoms with Crippen LogP contribution >= 0.6 is 0 Å². The standard InChI is InChI=1S/C27H36N2O7S/c1-18(2)15-29(37(33)21-10-6-9-20(30)14-21)16-24(31)23(13-19-7-4-3-5-8-19)28-27(32)36-25-17-35-26-22(25)11-12-34-26/h3-10,14,18,22-26,30-31H,11-13,15-17H2,1-2H3,(H,28,32)/t22-,23-,24+,25-,26+,37?/m0/s1. The predicted molar refractivity (Wildman–Crippen MR) is 138 cm³/mol. The first-order valence-corrected chi connectivity index (χ1v) is 13.8. The van der Waals surface area contributed by atoms with Gasteiger partial charge in [-0.3, -0.25) is 0 Å². The summed E-state index contributed by atoms with van der Waals surface area (Å²) in [5.74, 6) is 0.199. The molecule has 2 saturated heterocycles. The van der Waals surface area contributed by atoms with Gasteiger partial charge in [-0.15, -0.1) is 0 Å². The third kappa shape index (κ3) is 7.52. The van der Waals surface area contributed by atoms with Crippen molar-refractivity contribution in [2.24, 2.45) is 11.8 Å². The van der Waals surface area contributed by atoms with Crippen LogP contribution in [0.15, 0.2) is 59.5 Å². The van der Waals surface area contributed by atoms with Gasteiger partial charge in [0.05, 0.1) is 36.2 Å². The van der Waals surface area contributed by atoms with E-state index in [1.54, 1.807) is 16.4 Å². The number of ether oxygens (including phenoxy) is 3. The number of phenolic OH excluding ortho intramolecular Hbond substituents is 1. The average molecular weight is 533 g/mol. The van der Waals surface area contributed by atoms with E-state index in [1.807, 2.05) is 44.2 Å². The molecule has 2 aliphatic rings. The molecule has 2 aromatic carbocycles. The number of aromatic hydroxyl groups is 1. The molecule has 4 rings (SSSR count). The Balaban J connectivity index is 1.47. The molecule has 2 aromatic rings. The Morgan fingerprint density at radius 3 is 2.68 bits per heavy atom. The predicted octanol–water partition coefficient (Wildman–Crippen LogP) is 2.83. The lowest BCUT2D eigenvalue weighted by molar-refractivity contribution is -0.0907. The highest BCUT2D eigenvalue weighted by Gasteiger charge is 2.44. The van der Waals surface area contributed by atoms with Crippen LogP contribution in [0.2, 0.25) is 0 Å². The second-order valence-corrected chi connectivity index (χ2v) is 11.5. The minimum atomic E-state index is -1.62. The number of nitrogens with zero attached hydrogens (tertiary/aromatic N) is 1. The van der Waals surface area contributed by atoms with Crippen LogP contribution in [0.5, 0.6) is 5.75 Å². The number of amides is 1. The zero-order chi connectivity index (χ0) is 26.4. The highest BCUT2D eigenvalue weighted by molar-refractivity contribution is 7.82. The van der Waals surface area contributed by atoms with Gasteiger partial charge < -0.3 is 29.7 Å². The summed E-state index contributed by atoms with van der Waals surface area (Å²) in [7, 11) is -1.62. The van der Waals surface area contributed by atoms with Crippen molar-refractivity contribution in [2.45, 2.75) is 56.1 Å². The Hall–Kier alpha value is -2.50. The van der Waals surface area contributed by atoms with Gasteiger partial charge in [0.25, 0.3) is 0 Å². The van der Waals surface area contributed by atoms with Crippen LogP contribution in [0.4, 0.5) is 4.79 Å². The minimum absolute atomic E-state index is 0.00879. The summed E-state index contributed by atoms with van der Waals surface area (Å²) in [6, 6.07) is 15.1. The van der Waals surface area contributed by atoms with Crippen molar-refractivity contribution < 1.29 is 33.4 Å². The molecule has 0 aromatic heterocycles. The molecule has 1 unspecified atom stereocenters. The molecule has 9 nitrogen and oxygen atoms in total. The van der Waals surface area contributed by atoms with Crippen LogP contribution in [0.1, 0.15) is 25.8 Å². The number of phenols is 1. The molecule has 0 aliphatic carbocycles. The zero-order valence-electron chi connectivity index (χ0n) is 21.2. The molecule has 0 spiro atoms. The van der Waals surface area contributed by atoms with Gasteiger partial charge in [-0.25, -0.2) is 13.3 Å². The SMILES string of the molecule is CC(C)CN(C[C@@H](O)[C@H](Cc1ccccc1)NC(=O)O[C@H]1CO[C@H]2OCC[C@H]21)S(=O)c1cccc(O)c1. The second kappa shape index (κ2) is 12.8. The first kappa shape index (κ1) is 27.5. The van der Waals surface area contributed by atoms with E-state index in [9.17, 15) is 19.2 Å². The summed E-state index contributed by atoms with van der Waals surface area (Å²) in [4.78, 5) is 13.3. The van der Waals surface area contributed by atoms with Crippen molar-refractivity contribution in [1.82, 2.24) is 9.62 Å². The Labute approximate surface area is 220 Å². The molecule has 6 atom stereocenters. The summed E-state index contributed by atoms with van der Waals surface area (Å²) >= 11 is 0. The summed E-state index contributed by atoms with van der Waals surface area (Å²) in [5, 5.41) is 24.0. The monoisotopic (exact) mass is 532 g/mol. The molecule has 1 amide bonds. The highest BCUT2D eigenvalue weighted by atomic mass is 32.2. The van der Waals surface area contributed by atoms with Crippen molar-refractivity contribution in [2.75, 3.05) is 26.3 Å². The Kier molecular flexibility index (Phi) is 9.55. The van der Waals surface area contributed by atoms with Crippen LogP contribution in [-0.2, 0) is 31.6 Å². The van der Waals surface area contributed by atoms with E-state index in [0.29, 0.717) is 24.5 Å². The van der Waals surface area contributed by atoms with Crippen molar-refractivity contribution in [3.63, 3.8) is 0 Å². The maximum absolute atomic E-state index is 13.4. The number of hydrogen-bond acceptors (Lipinski definition) is 7. The van der Waals surface area contributed by atoms with Gasteiger partial charge in [0.1, 0.15) is 22.8 Å². The summed E-state index contributed by atoms with van der Waals surface area (Å²) in [6.07, 6.45) is -1.29. The van der Waals surface area contributed by atoms with Crippen LogP contribution in [0.25, 0.3) is 0 Å². The molecule has 2 fully saturated rings. The van der Waals surface area contributed by atoms with E-state index in [1.165, 1.54) is 12.1 Å². The molecule has 37 heavy (non-hydrogen) atoms. The van der Waals surface area contributed by atoms with Crippen LogP contribution in [0.3, 0.4) is 0 Å². The molecule has 0 saturated carbocycles. The highest BCUT2D eigenvalue weighted by Crippen LogP contribution is 2.33. The summed E-state index contributed by atoms with van der Waals surface area (Å²) < 4.78 is 31.8. The molecule has 202 valence electrons. The molecule has 2 aliphatic heterocycles. The van der Waals surface area contributed by atoms with Gasteiger partial charge in [0.2, 0.25) is 0 Å². The number of nitrogens with one attached hydrogen (secondary N) is 1. The smallest absolute Gasteiger partial charge is 0.407 e. The molecular weight excluding hydrogens is 496 g/mol. The van der Waals surface area contributed by atoms with Gasteiger partial charge in [-0.2, -0.15) is 0 Å². The van der Waals surface area contributed by atoms with E-state index in [4.69, 9.17) is 14.2 Å². The third-order valence-electron chi connectivity index (χ3n) is 6.52. The number of carbonyl (C=O) groups excluding carboxylic acids is 1. The number of rotatable bonds is 11. The van der Waals surface area contributed by atoms with E-state index in [-0.39, 0.29) is 37.0 Å². The van der Waals surface area contributed by atoms with Crippen LogP contribution in [-0.4, -0.2) is 75.7 Å². The Morgan fingerprint density at radius 1 is 1.16 bits per heavy atom. The molecule has 2 heterocycles. The topological polar surface area (TPSA) is 118 Å². The number of alkyl carbamates (subject to hydrolysis) is 1. The summed E-state index contributed by atoms with van der Waals surface area (Å²) in [6.45, 7) is 5.35. The number of aliphatic hydroxyl groups excluding tert-OH is 1. The van der Waals surface area contributed by atoms with Gasteiger partial charge in [0.15, 0.2) is 6.29 Å². The summed E-state index contributed by atoms with van der Waals surface area (Å²) in [5.41, 5.74) is 0.935. The van der Waals surface area contributed by atoms with Crippen LogP contribution in [0, 0.1) is 11.8 Å². The van der Waals surface area contributed by atoms with Gasteiger partial charge >= 0.3 is 6.09 Å². The fourth-order valence-electron chi connectivity index (χ4n) is 4.72. The first-order chi connectivity index (χ1) is 17.8. The van der Waals surface area contributed by atoms with E-state index >= 15 is 0 Å². The van der Waals surface area contributed by atoms with Crippen LogP contribution < -0.4 is 5.32 Å². The number of benzene rings is 2. The molecule has 0 radical (unpaired) electrons. The lowest BCUT2D eigenvalue weighted by atomic mass is 10.0. The normalized spacial score (nSPS) is 23.5. The lowest BCUT2D eigenvalue weighted by Gasteiger charge is -2.30. The van der Waals surface area contributed by atoms with Crippen molar-refractivity contribution in [3.05, 3.63) is 60.2 Å². The average Bonchev–Trinajstić information content (AvgIpc) is 3.48. The van der Waals surface area contributed by atoms with E-state index in [0.717, 1.165) is 12.0 Å². The number of carbonyl (C=O) groups is 1. The maximum Gasteiger partial charge on any atom is 0.407 e. The first-order valence-electron chi connectivity index (χ1n) is 12.7. The van der Waals surface area contributed by atoms with Gasteiger partial charge in [-0.05, 0) is 42.5 Å². The number of hydrogen-bond donors (Lipinski definition) is 3. The number of aliphatic hydroxyl groups is 1. The molecular formula is C27H36N2O7S. The quantitative estimate of drug-likeness (QED) is 0.407. The minimum Gasteiger partial charge on any atom is -0.508 e. The van der Waals surface area contributed by atoms with Crippen molar-refractivity contribution in [1.29, 1.82) is 0 Å². The molecule has 3 N–H and O–H groups in total. The maximum atomic E-state index is 13.4. The third-order valence-corrected chi connectivity index (χ3v) is 7.95. The molecule has 0 bridgehead atoms. The largest absolute Gasteiger partial charge is 0.508 e. The fraction of sp³-hybridized carbons (Fsp3) is 0.519. The van der Waals surface area contributed by atoms with Crippen molar-refractivity contribution >= 4 is 17.1 Å². The molecule has 10 heteroatoms. The number of fused-ring (bicyclic) bond motifs is 1. The van der Waals surface area contributed by atoms with E-state index in [2.05, 4.69) is 5.32 Å². The lowest BCUT2D eigenvalue weighted by Crippen LogP contribution is -2.51. The fourth-order valence-corrected chi connectivity index (χ4v) is 6.15. The van der Waals surface area contributed by atoms with Gasteiger partial charge in [-0.1, -0.05) is 50.2 Å². The van der Waals surface area contributed by atoms with Gasteiger partial charge in [0, 0.05) is 13.1 Å².